The van der Waals surface area contributed by atoms with Crippen LogP contribution < -0.4 is 5.32 Å². The van der Waals surface area contributed by atoms with Gasteiger partial charge in [-0.3, -0.25) is 4.79 Å². The van der Waals surface area contributed by atoms with Crippen LogP contribution in [-0.4, -0.2) is 11.8 Å². The molecule has 1 N–H and O–H groups in total. The molecule has 1 rings (SSSR count). The zero-order valence-electron chi connectivity index (χ0n) is 12.0. The van der Waals surface area contributed by atoms with Gasteiger partial charge in [-0.1, -0.05) is 63.9 Å². The van der Waals surface area contributed by atoms with Gasteiger partial charge in [0.15, 0.2) is 0 Å². The van der Waals surface area contributed by atoms with Crippen molar-refractivity contribution < 1.29 is 4.79 Å². The third kappa shape index (κ3) is 4.54. The molecule has 0 bridgehead atoms. The summed E-state index contributed by atoms with van der Waals surface area (Å²) in [6, 6.07) is 10.3. The number of alkyl halides is 1. The second-order valence-corrected chi connectivity index (χ2v) is 5.34. The minimum absolute atomic E-state index is 0.0377. The van der Waals surface area contributed by atoms with Crippen LogP contribution in [0.2, 0.25) is 0 Å². The maximum absolute atomic E-state index is 12.1. The first-order chi connectivity index (χ1) is 9.13. The molecule has 2 nitrogen and oxygen atoms in total. The SMILES string of the molecule is CCC(CC)C(NC(=O)C(C)CCl)c1ccccc1. The van der Waals surface area contributed by atoms with Crippen molar-refractivity contribution in [2.45, 2.75) is 39.7 Å². The molecule has 0 saturated carbocycles. The molecule has 0 radical (unpaired) electrons. The van der Waals surface area contributed by atoms with E-state index in [9.17, 15) is 4.79 Å². The maximum Gasteiger partial charge on any atom is 0.224 e. The molecule has 0 aliphatic carbocycles. The third-order valence-electron chi connectivity index (χ3n) is 3.66. The molecule has 3 heteroatoms. The average Bonchev–Trinajstić information content (AvgIpc) is 2.47. The first-order valence-electron chi connectivity index (χ1n) is 7.05. The van der Waals surface area contributed by atoms with Gasteiger partial charge in [-0.05, 0) is 11.5 Å². The number of benzene rings is 1. The van der Waals surface area contributed by atoms with Crippen molar-refractivity contribution in [2.75, 3.05) is 5.88 Å². The topological polar surface area (TPSA) is 29.1 Å². The average molecular weight is 282 g/mol. The second-order valence-electron chi connectivity index (χ2n) is 5.03. The molecule has 1 aromatic rings. The van der Waals surface area contributed by atoms with E-state index in [1.54, 1.807) is 0 Å². The number of hydrogen-bond acceptors (Lipinski definition) is 1. The van der Waals surface area contributed by atoms with Crippen molar-refractivity contribution in [1.29, 1.82) is 0 Å². The summed E-state index contributed by atoms with van der Waals surface area (Å²) >= 11 is 5.76. The lowest BCUT2D eigenvalue weighted by Gasteiger charge is -2.28. The van der Waals surface area contributed by atoms with Gasteiger partial charge in [0.2, 0.25) is 5.91 Å². The lowest BCUT2D eigenvalue weighted by Crippen LogP contribution is -2.37. The van der Waals surface area contributed by atoms with Gasteiger partial charge in [0.1, 0.15) is 0 Å². The van der Waals surface area contributed by atoms with Crippen molar-refractivity contribution in [3.63, 3.8) is 0 Å². The van der Waals surface area contributed by atoms with Crippen LogP contribution in [0.1, 0.15) is 45.2 Å². The molecule has 0 fully saturated rings. The van der Waals surface area contributed by atoms with Gasteiger partial charge in [-0.2, -0.15) is 0 Å². The van der Waals surface area contributed by atoms with Gasteiger partial charge in [-0.25, -0.2) is 0 Å². The van der Waals surface area contributed by atoms with Gasteiger partial charge >= 0.3 is 0 Å². The lowest BCUT2D eigenvalue weighted by molar-refractivity contribution is -0.125. The first-order valence-corrected chi connectivity index (χ1v) is 7.58. The van der Waals surface area contributed by atoms with E-state index in [1.807, 2.05) is 25.1 Å². The lowest BCUT2D eigenvalue weighted by atomic mass is 9.88. The summed E-state index contributed by atoms with van der Waals surface area (Å²) in [7, 11) is 0. The van der Waals surface area contributed by atoms with Gasteiger partial charge in [0.25, 0.3) is 0 Å². The van der Waals surface area contributed by atoms with Crippen molar-refractivity contribution >= 4 is 17.5 Å². The van der Waals surface area contributed by atoms with E-state index in [0.29, 0.717) is 11.8 Å². The highest BCUT2D eigenvalue weighted by Crippen LogP contribution is 2.27. The zero-order valence-corrected chi connectivity index (χ0v) is 12.8. The fourth-order valence-electron chi connectivity index (χ4n) is 2.26. The second kappa shape index (κ2) is 8.21. The fraction of sp³-hybridized carbons (Fsp3) is 0.562. The summed E-state index contributed by atoms with van der Waals surface area (Å²) in [5.41, 5.74) is 1.17. The Labute approximate surface area is 121 Å². The molecule has 0 saturated heterocycles. The molecular formula is C16H24ClNO. The molecule has 0 aliphatic rings. The molecule has 2 atom stereocenters. The van der Waals surface area contributed by atoms with Gasteiger partial charge in [0.05, 0.1) is 6.04 Å². The predicted octanol–water partition coefficient (Wildman–Crippen LogP) is 4.16. The van der Waals surface area contributed by atoms with Crippen LogP contribution in [0.4, 0.5) is 0 Å². The van der Waals surface area contributed by atoms with E-state index in [0.717, 1.165) is 12.8 Å². The number of nitrogens with one attached hydrogen (secondary N) is 1. The Morgan fingerprint density at radius 3 is 2.26 bits per heavy atom. The van der Waals surface area contributed by atoms with Crippen molar-refractivity contribution in [3.05, 3.63) is 35.9 Å². The highest BCUT2D eigenvalue weighted by molar-refractivity contribution is 6.19. The monoisotopic (exact) mass is 281 g/mol. The zero-order chi connectivity index (χ0) is 14.3. The highest BCUT2D eigenvalue weighted by atomic mass is 35.5. The van der Waals surface area contributed by atoms with E-state index in [-0.39, 0.29) is 17.9 Å². The van der Waals surface area contributed by atoms with Gasteiger partial charge in [0, 0.05) is 11.8 Å². The van der Waals surface area contributed by atoms with Crippen LogP contribution in [0, 0.1) is 11.8 Å². The molecule has 2 unspecified atom stereocenters. The van der Waals surface area contributed by atoms with Crippen LogP contribution in [0.3, 0.4) is 0 Å². The van der Waals surface area contributed by atoms with Crippen LogP contribution in [0.25, 0.3) is 0 Å². The van der Waals surface area contributed by atoms with E-state index >= 15 is 0 Å². The summed E-state index contributed by atoms with van der Waals surface area (Å²) in [6.07, 6.45) is 2.09. The quantitative estimate of drug-likeness (QED) is 0.747. The molecule has 0 aromatic heterocycles. The molecule has 19 heavy (non-hydrogen) atoms. The normalized spacial score (nSPS) is 14.2. The fourth-order valence-corrected chi connectivity index (χ4v) is 2.40. The molecule has 1 aromatic carbocycles. The number of hydrogen-bond donors (Lipinski definition) is 1. The largest absolute Gasteiger partial charge is 0.349 e. The van der Waals surface area contributed by atoms with Crippen LogP contribution >= 0.6 is 11.6 Å². The van der Waals surface area contributed by atoms with Gasteiger partial charge < -0.3 is 5.32 Å². The van der Waals surface area contributed by atoms with Crippen LogP contribution in [0.5, 0.6) is 0 Å². The van der Waals surface area contributed by atoms with E-state index < -0.39 is 0 Å². The molecule has 1 amide bonds. The summed E-state index contributed by atoms with van der Waals surface area (Å²) < 4.78 is 0. The minimum Gasteiger partial charge on any atom is -0.349 e. The van der Waals surface area contributed by atoms with Crippen LogP contribution in [0.15, 0.2) is 30.3 Å². The van der Waals surface area contributed by atoms with E-state index in [4.69, 9.17) is 11.6 Å². The van der Waals surface area contributed by atoms with E-state index in [2.05, 4.69) is 31.3 Å². The third-order valence-corrected chi connectivity index (χ3v) is 4.12. The Balaban J connectivity index is 2.90. The molecule has 106 valence electrons. The first kappa shape index (κ1) is 16.0. The molecule has 0 spiro atoms. The van der Waals surface area contributed by atoms with Crippen LogP contribution in [-0.2, 0) is 4.79 Å². The Kier molecular flexibility index (Phi) is 6.93. The maximum atomic E-state index is 12.1. The predicted molar refractivity (Wildman–Crippen MR) is 81.3 cm³/mol. The summed E-state index contributed by atoms with van der Waals surface area (Å²) in [5, 5.41) is 3.16. The summed E-state index contributed by atoms with van der Waals surface area (Å²) in [4.78, 5) is 12.1. The minimum atomic E-state index is -0.151. The summed E-state index contributed by atoms with van der Waals surface area (Å²) in [6.45, 7) is 6.19. The number of carbonyl (C=O) groups is 1. The Morgan fingerprint density at radius 2 is 1.79 bits per heavy atom. The standard InChI is InChI=1S/C16H24ClNO/c1-4-13(5-2)15(14-9-7-6-8-10-14)18-16(19)12(3)11-17/h6-10,12-13,15H,4-5,11H2,1-3H3,(H,18,19). The molecule has 0 heterocycles. The molecular weight excluding hydrogens is 258 g/mol. The van der Waals surface area contributed by atoms with E-state index in [1.165, 1.54) is 5.56 Å². The number of amides is 1. The van der Waals surface area contributed by atoms with Crippen molar-refractivity contribution in [2.24, 2.45) is 11.8 Å². The highest BCUT2D eigenvalue weighted by Gasteiger charge is 2.24. The van der Waals surface area contributed by atoms with Crippen molar-refractivity contribution in [3.8, 4) is 0 Å². The smallest absolute Gasteiger partial charge is 0.224 e. The summed E-state index contributed by atoms with van der Waals surface area (Å²) in [5.74, 6) is 0.697. The number of halogens is 1. The van der Waals surface area contributed by atoms with Gasteiger partial charge in [-0.15, -0.1) is 11.6 Å². The number of rotatable bonds is 7. The Bertz CT molecular complexity index is 376. The Morgan fingerprint density at radius 1 is 1.21 bits per heavy atom. The van der Waals surface area contributed by atoms with Crippen molar-refractivity contribution in [1.82, 2.24) is 5.32 Å². The number of carbonyl (C=O) groups excluding carboxylic acids is 1. The Hall–Kier alpha value is -1.02. The molecule has 0 aliphatic heterocycles.